The van der Waals surface area contributed by atoms with Crippen molar-refractivity contribution in [3.63, 3.8) is 0 Å². The highest BCUT2D eigenvalue weighted by Crippen LogP contribution is 2.32. The Kier molecular flexibility index (Phi) is 4.70. The molecule has 0 unspecified atom stereocenters. The standard InChI is InChI=1S/C20H22N4O2S/c1-12-5-7-13(8-6-12)15-11-27-17-16(15)22-20(23-19(17)26)24-9-3-4-14(10-24)18(25)21-2/h5-8,11,14H,3-4,9-10H2,1-2H3,(H,21,25)(H,22,23,26)/t14-/m0/s1. The summed E-state index contributed by atoms with van der Waals surface area (Å²) in [6.45, 7) is 3.40. The Labute approximate surface area is 161 Å². The summed E-state index contributed by atoms with van der Waals surface area (Å²) in [4.78, 5) is 34.4. The SMILES string of the molecule is CNC(=O)[C@H]1CCCN(c2nc3c(-c4ccc(C)cc4)csc3c(=O)[nH]2)C1. The maximum absolute atomic E-state index is 12.6. The molecule has 0 saturated carbocycles. The van der Waals surface area contributed by atoms with Gasteiger partial charge in [-0.3, -0.25) is 14.6 Å². The van der Waals surface area contributed by atoms with E-state index < -0.39 is 0 Å². The summed E-state index contributed by atoms with van der Waals surface area (Å²) in [5, 5.41) is 4.71. The van der Waals surface area contributed by atoms with Crippen LogP contribution < -0.4 is 15.8 Å². The van der Waals surface area contributed by atoms with Crippen LogP contribution in [-0.2, 0) is 4.79 Å². The number of benzene rings is 1. The number of aromatic nitrogens is 2. The van der Waals surface area contributed by atoms with Crippen molar-refractivity contribution in [2.45, 2.75) is 19.8 Å². The van der Waals surface area contributed by atoms with Gasteiger partial charge in [0.25, 0.3) is 5.56 Å². The number of rotatable bonds is 3. The number of anilines is 1. The van der Waals surface area contributed by atoms with E-state index in [1.165, 1.54) is 16.9 Å². The molecule has 1 atom stereocenters. The Morgan fingerprint density at radius 1 is 1.33 bits per heavy atom. The maximum Gasteiger partial charge on any atom is 0.270 e. The Balaban J connectivity index is 1.74. The first-order valence-corrected chi connectivity index (χ1v) is 10.00. The molecule has 2 aromatic heterocycles. The van der Waals surface area contributed by atoms with Crippen molar-refractivity contribution in [3.8, 4) is 11.1 Å². The highest BCUT2D eigenvalue weighted by Gasteiger charge is 2.27. The Morgan fingerprint density at radius 3 is 2.85 bits per heavy atom. The van der Waals surface area contributed by atoms with Crippen molar-refractivity contribution < 1.29 is 4.79 Å². The lowest BCUT2D eigenvalue weighted by molar-refractivity contribution is -0.124. The quantitative estimate of drug-likeness (QED) is 0.730. The first kappa shape index (κ1) is 17.7. The number of fused-ring (bicyclic) bond motifs is 1. The fourth-order valence-electron chi connectivity index (χ4n) is 3.59. The third kappa shape index (κ3) is 3.35. The number of hydrogen-bond acceptors (Lipinski definition) is 5. The average molecular weight is 382 g/mol. The van der Waals surface area contributed by atoms with Gasteiger partial charge in [-0.25, -0.2) is 4.98 Å². The molecular formula is C20H22N4O2S. The Morgan fingerprint density at radius 2 is 2.11 bits per heavy atom. The van der Waals surface area contributed by atoms with Crippen LogP contribution in [0.4, 0.5) is 5.95 Å². The molecule has 1 aromatic carbocycles. The first-order valence-electron chi connectivity index (χ1n) is 9.12. The minimum absolute atomic E-state index is 0.0407. The third-order valence-corrected chi connectivity index (χ3v) is 6.08. The molecule has 4 rings (SSSR count). The highest BCUT2D eigenvalue weighted by molar-refractivity contribution is 7.17. The first-order chi connectivity index (χ1) is 13.1. The van der Waals surface area contributed by atoms with E-state index in [1.807, 2.05) is 10.3 Å². The van der Waals surface area contributed by atoms with Crippen LogP contribution in [-0.4, -0.2) is 36.0 Å². The van der Waals surface area contributed by atoms with E-state index in [9.17, 15) is 9.59 Å². The minimum atomic E-state index is -0.125. The maximum atomic E-state index is 12.6. The smallest absolute Gasteiger partial charge is 0.270 e. The summed E-state index contributed by atoms with van der Waals surface area (Å²) in [6.07, 6.45) is 1.75. The fraction of sp³-hybridized carbons (Fsp3) is 0.350. The molecule has 1 aliphatic rings. The predicted octanol–water partition coefficient (Wildman–Crippen LogP) is 2.92. The third-order valence-electron chi connectivity index (χ3n) is 5.11. The molecule has 1 aliphatic heterocycles. The van der Waals surface area contributed by atoms with Crippen LogP contribution in [0.3, 0.4) is 0 Å². The van der Waals surface area contributed by atoms with Crippen LogP contribution in [0, 0.1) is 12.8 Å². The van der Waals surface area contributed by atoms with Gasteiger partial charge in [0.15, 0.2) is 0 Å². The zero-order chi connectivity index (χ0) is 19.0. The van der Waals surface area contributed by atoms with Gasteiger partial charge >= 0.3 is 0 Å². The van der Waals surface area contributed by atoms with Crippen molar-refractivity contribution in [3.05, 3.63) is 45.6 Å². The van der Waals surface area contributed by atoms with Gasteiger partial charge in [0.2, 0.25) is 11.9 Å². The number of carbonyl (C=O) groups excluding carboxylic acids is 1. The van der Waals surface area contributed by atoms with E-state index in [1.54, 1.807) is 7.05 Å². The summed E-state index contributed by atoms with van der Waals surface area (Å²) >= 11 is 1.42. The summed E-state index contributed by atoms with van der Waals surface area (Å²) < 4.78 is 0.634. The van der Waals surface area contributed by atoms with Crippen LogP contribution in [0.25, 0.3) is 21.3 Å². The lowest BCUT2D eigenvalue weighted by atomic mass is 9.97. The molecule has 3 aromatic rings. The number of hydrogen-bond donors (Lipinski definition) is 2. The molecule has 27 heavy (non-hydrogen) atoms. The molecule has 1 fully saturated rings. The Bertz CT molecular complexity index is 1040. The second kappa shape index (κ2) is 7.15. The highest BCUT2D eigenvalue weighted by atomic mass is 32.1. The molecule has 1 saturated heterocycles. The summed E-state index contributed by atoms with van der Waals surface area (Å²) in [6, 6.07) is 8.24. The molecule has 1 amide bonds. The molecular weight excluding hydrogens is 360 g/mol. The van der Waals surface area contributed by atoms with Crippen molar-refractivity contribution in [2.24, 2.45) is 5.92 Å². The zero-order valence-electron chi connectivity index (χ0n) is 15.4. The van der Waals surface area contributed by atoms with Gasteiger partial charge < -0.3 is 10.2 Å². The normalized spacial score (nSPS) is 17.3. The van der Waals surface area contributed by atoms with Gasteiger partial charge in [0.05, 0.1) is 11.4 Å². The summed E-state index contributed by atoms with van der Waals surface area (Å²) in [5.74, 6) is 0.510. The second-order valence-electron chi connectivity index (χ2n) is 6.98. The van der Waals surface area contributed by atoms with Crippen molar-refractivity contribution in [2.75, 3.05) is 25.0 Å². The van der Waals surface area contributed by atoms with Gasteiger partial charge in [0, 0.05) is 31.1 Å². The Hall–Kier alpha value is -2.67. The molecule has 3 heterocycles. The van der Waals surface area contributed by atoms with E-state index in [-0.39, 0.29) is 17.4 Å². The number of nitrogens with zero attached hydrogens (tertiary/aromatic N) is 2. The number of amides is 1. The van der Waals surface area contributed by atoms with Crippen molar-refractivity contribution >= 4 is 33.4 Å². The number of aryl methyl sites for hydroxylation is 1. The van der Waals surface area contributed by atoms with Gasteiger partial charge in [-0.1, -0.05) is 29.8 Å². The molecule has 140 valence electrons. The number of piperidine rings is 1. The molecule has 0 bridgehead atoms. The van der Waals surface area contributed by atoms with Crippen LogP contribution in [0.2, 0.25) is 0 Å². The largest absolute Gasteiger partial charge is 0.359 e. The lowest BCUT2D eigenvalue weighted by Crippen LogP contribution is -2.43. The monoisotopic (exact) mass is 382 g/mol. The van der Waals surface area contributed by atoms with Gasteiger partial charge in [-0.2, -0.15) is 0 Å². The molecule has 0 radical (unpaired) electrons. The van der Waals surface area contributed by atoms with E-state index in [4.69, 9.17) is 4.98 Å². The van der Waals surface area contributed by atoms with Crippen LogP contribution in [0.5, 0.6) is 0 Å². The minimum Gasteiger partial charge on any atom is -0.359 e. The number of nitrogens with one attached hydrogen (secondary N) is 2. The van der Waals surface area contributed by atoms with E-state index in [0.29, 0.717) is 17.2 Å². The van der Waals surface area contributed by atoms with Gasteiger partial charge in [0.1, 0.15) is 4.70 Å². The topological polar surface area (TPSA) is 78.1 Å². The van der Waals surface area contributed by atoms with Crippen molar-refractivity contribution in [1.29, 1.82) is 0 Å². The molecule has 0 aliphatic carbocycles. The molecule has 0 spiro atoms. The fourth-order valence-corrected chi connectivity index (χ4v) is 4.50. The van der Waals surface area contributed by atoms with E-state index in [2.05, 4.69) is 41.5 Å². The lowest BCUT2D eigenvalue weighted by Gasteiger charge is -2.32. The molecule has 7 heteroatoms. The molecule has 2 N–H and O–H groups in total. The summed E-state index contributed by atoms with van der Waals surface area (Å²) in [5.41, 5.74) is 3.82. The van der Waals surface area contributed by atoms with Crippen molar-refractivity contribution in [1.82, 2.24) is 15.3 Å². The van der Waals surface area contributed by atoms with Crippen LogP contribution in [0.15, 0.2) is 34.4 Å². The van der Waals surface area contributed by atoms with Gasteiger partial charge in [-0.15, -0.1) is 11.3 Å². The van der Waals surface area contributed by atoms with E-state index >= 15 is 0 Å². The van der Waals surface area contributed by atoms with Crippen LogP contribution >= 0.6 is 11.3 Å². The number of thiophene rings is 1. The molecule has 6 nitrogen and oxygen atoms in total. The van der Waals surface area contributed by atoms with Crippen LogP contribution in [0.1, 0.15) is 18.4 Å². The number of carbonyl (C=O) groups is 1. The number of H-pyrrole nitrogens is 1. The average Bonchev–Trinajstić information content (AvgIpc) is 3.12. The second-order valence-corrected chi connectivity index (χ2v) is 7.86. The zero-order valence-corrected chi connectivity index (χ0v) is 16.2. The number of aromatic amines is 1. The summed E-state index contributed by atoms with van der Waals surface area (Å²) in [7, 11) is 1.66. The predicted molar refractivity (Wildman–Crippen MR) is 109 cm³/mol. The van der Waals surface area contributed by atoms with Gasteiger partial charge in [-0.05, 0) is 25.3 Å². The van der Waals surface area contributed by atoms with E-state index in [0.717, 1.165) is 36.0 Å².